The van der Waals surface area contributed by atoms with Crippen LogP contribution in [0.15, 0.2) is 24.3 Å². The molecule has 3 aliphatic heterocycles. The van der Waals surface area contributed by atoms with Gasteiger partial charge in [0.1, 0.15) is 24.4 Å². The summed E-state index contributed by atoms with van der Waals surface area (Å²) in [6.07, 6.45) is 2.09. The maximum absolute atomic E-state index is 13.7. The molecule has 5 amide bonds. The van der Waals surface area contributed by atoms with Crippen LogP contribution >= 0.6 is 0 Å². The topological polar surface area (TPSA) is 120 Å². The summed E-state index contributed by atoms with van der Waals surface area (Å²) in [5.74, 6) is -0.769. The van der Waals surface area contributed by atoms with Gasteiger partial charge in [-0.25, -0.2) is 0 Å². The lowest BCUT2D eigenvalue weighted by Crippen LogP contribution is -2.50. The molecule has 3 heterocycles. The Labute approximate surface area is 223 Å². The van der Waals surface area contributed by atoms with Gasteiger partial charge in [-0.05, 0) is 37.8 Å². The highest BCUT2D eigenvalue weighted by Gasteiger charge is 2.37. The van der Waals surface area contributed by atoms with E-state index in [1.807, 2.05) is 0 Å². The lowest BCUT2D eigenvalue weighted by molar-refractivity contribution is -0.143. The number of amides is 5. The van der Waals surface area contributed by atoms with Crippen LogP contribution in [0.5, 0.6) is 5.75 Å². The summed E-state index contributed by atoms with van der Waals surface area (Å²) >= 11 is 0. The quantitative estimate of drug-likeness (QED) is 0.568. The first-order valence-electron chi connectivity index (χ1n) is 13.4. The van der Waals surface area contributed by atoms with Gasteiger partial charge in [-0.2, -0.15) is 0 Å². The number of nitrogens with one attached hydrogen (secondary N) is 1. The van der Waals surface area contributed by atoms with Crippen molar-refractivity contribution in [1.29, 1.82) is 0 Å². The molecule has 0 aromatic heterocycles. The summed E-state index contributed by atoms with van der Waals surface area (Å²) in [6, 6.07) is 5.30. The van der Waals surface area contributed by atoms with Gasteiger partial charge in [0.25, 0.3) is 5.91 Å². The van der Waals surface area contributed by atoms with Crippen LogP contribution in [0.3, 0.4) is 0 Å². The lowest BCUT2D eigenvalue weighted by Gasteiger charge is -2.29. The third kappa shape index (κ3) is 6.25. The molecule has 0 bridgehead atoms. The zero-order chi connectivity index (χ0) is 27.2. The normalized spacial score (nSPS) is 23.9. The second-order valence-corrected chi connectivity index (χ2v) is 10.1. The van der Waals surface area contributed by atoms with Crippen LogP contribution in [-0.4, -0.2) is 114 Å². The fourth-order valence-corrected chi connectivity index (χ4v) is 5.34. The third-order valence-electron chi connectivity index (χ3n) is 7.55. The van der Waals surface area contributed by atoms with Gasteiger partial charge in [-0.1, -0.05) is 12.1 Å². The minimum absolute atomic E-state index is 0.0236. The Morgan fingerprint density at radius 2 is 1.66 bits per heavy atom. The van der Waals surface area contributed by atoms with Gasteiger partial charge in [0.15, 0.2) is 0 Å². The van der Waals surface area contributed by atoms with Crippen LogP contribution < -0.4 is 10.1 Å². The number of benzene rings is 1. The predicted octanol–water partition coefficient (Wildman–Crippen LogP) is 0.488. The second-order valence-electron chi connectivity index (χ2n) is 10.1. The maximum atomic E-state index is 13.7. The average Bonchev–Trinajstić information content (AvgIpc) is 3.26. The van der Waals surface area contributed by atoms with Gasteiger partial charge in [0.2, 0.25) is 23.6 Å². The molecule has 1 N–H and O–H groups in total. The summed E-state index contributed by atoms with van der Waals surface area (Å²) in [4.78, 5) is 71.7. The van der Waals surface area contributed by atoms with Crippen molar-refractivity contribution >= 4 is 29.5 Å². The van der Waals surface area contributed by atoms with Crippen molar-refractivity contribution in [2.45, 2.75) is 51.1 Å². The van der Waals surface area contributed by atoms with Gasteiger partial charge in [-0.3, -0.25) is 24.0 Å². The lowest BCUT2D eigenvalue weighted by atomic mass is 10.1. The molecule has 3 aliphatic rings. The van der Waals surface area contributed by atoms with Crippen LogP contribution in [-0.2, 0) is 19.2 Å². The zero-order valence-corrected chi connectivity index (χ0v) is 22.2. The Morgan fingerprint density at radius 3 is 2.45 bits per heavy atom. The summed E-state index contributed by atoms with van der Waals surface area (Å²) < 4.78 is 5.88. The van der Waals surface area contributed by atoms with E-state index in [9.17, 15) is 24.0 Å². The predicted molar refractivity (Wildman–Crippen MR) is 138 cm³/mol. The highest BCUT2D eigenvalue weighted by atomic mass is 16.5. The molecule has 1 aromatic carbocycles. The molecule has 38 heavy (non-hydrogen) atoms. The molecule has 2 fully saturated rings. The molecule has 0 radical (unpaired) electrons. The number of para-hydroxylation sites is 1. The van der Waals surface area contributed by atoms with Gasteiger partial charge >= 0.3 is 0 Å². The van der Waals surface area contributed by atoms with Crippen molar-refractivity contribution < 1.29 is 28.7 Å². The molecule has 2 saturated heterocycles. The highest BCUT2D eigenvalue weighted by molar-refractivity contribution is 6.00. The number of fused-ring (bicyclic) bond motifs is 2. The Bertz CT molecular complexity index is 1080. The van der Waals surface area contributed by atoms with Gasteiger partial charge in [-0.15, -0.1) is 0 Å². The van der Waals surface area contributed by atoms with Crippen molar-refractivity contribution in [2.75, 3.05) is 52.9 Å². The van der Waals surface area contributed by atoms with Crippen LogP contribution in [0.1, 0.15) is 49.4 Å². The van der Waals surface area contributed by atoms with Gasteiger partial charge in [0, 0.05) is 53.1 Å². The number of hydrogen-bond donors (Lipinski definition) is 1. The first-order chi connectivity index (χ1) is 18.3. The van der Waals surface area contributed by atoms with Crippen molar-refractivity contribution in [1.82, 2.24) is 24.9 Å². The molecule has 11 heteroatoms. The average molecular weight is 528 g/mol. The number of likely N-dealkylation sites (N-methyl/N-ethyl adjacent to an activating group) is 1. The molecule has 11 nitrogen and oxygen atoms in total. The van der Waals surface area contributed by atoms with E-state index < -0.39 is 18.0 Å². The third-order valence-corrected chi connectivity index (χ3v) is 7.55. The number of nitrogens with zero attached hydrogens (tertiary/aromatic N) is 4. The number of carbonyl (C=O) groups excluding carboxylic acids is 5. The van der Waals surface area contributed by atoms with E-state index in [2.05, 4.69) is 5.32 Å². The Kier molecular flexibility index (Phi) is 8.85. The molecule has 0 spiro atoms. The molecule has 4 rings (SSSR count). The van der Waals surface area contributed by atoms with Crippen molar-refractivity contribution in [3.8, 4) is 5.75 Å². The van der Waals surface area contributed by atoms with Gasteiger partial charge < -0.3 is 29.7 Å². The van der Waals surface area contributed by atoms with Crippen LogP contribution in [0.4, 0.5) is 0 Å². The monoisotopic (exact) mass is 527 g/mol. The number of hydrogen-bond acceptors (Lipinski definition) is 6. The first kappa shape index (κ1) is 27.4. The molecule has 0 unspecified atom stereocenters. The summed E-state index contributed by atoms with van der Waals surface area (Å²) in [5, 5.41) is 2.85. The number of carbonyl (C=O) groups is 5. The van der Waals surface area contributed by atoms with Crippen molar-refractivity contribution in [3.05, 3.63) is 29.8 Å². The maximum Gasteiger partial charge on any atom is 0.255 e. The van der Waals surface area contributed by atoms with Crippen molar-refractivity contribution in [3.63, 3.8) is 0 Å². The fourth-order valence-electron chi connectivity index (χ4n) is 5.34. The molecule has 2 atom stereocenters. The minimum atomic E-state index is -0.937. The molecular formula is C27H37N5O6. The molecule has 206 valence electrons. The summed E-state index contributed by atoms with van der Waals surface area (Å²) in [6.45, 7) is 4.28. The van der Waals surface area contributed by atoms with E-state index in [4.69, 9.17) is 4.74 Å². The highest BCUT2D eigenvalue weighted by Crippen LogP contribution is 2.23. The SMILES string of the molecule is CC(=O)N1CCCN(C(=O)[C@@H]2CCC(=O)N3CCC[C@H]3C(=O)N(C)CCOc3ccccc3C(=O)N2)CC1. The largest absolute Gasteiger partial charge is 0.491 e. The van der Waals surface area contributed by atoms with E-state index in [-0.39, 0.29) is 48.6 Å². The summed E-state index contributed by atoms with van der Waals surface area (Å²) in [7, 11) is 1.69. The van der Waals surface area contributed by atoms with Crippen molar-refractivity contribution in [2.24, 2.45) is 0 Å². The van der Waals surface area contributed by atoms with E-state index in [1.165, 1.54) is 6.92 Å². The minimum Gasteiger partial charge on any atom is -0.491 e. The van der Waals surface area contributed by atoms with Crippen LogP contribution in [0.25, 0.3) is 0 Å². The smallest absolute Gasteiger partial charge is 0.255 e. The first-order valence-corrected chi connectivity index (χ1v) is 13.4. The van der Waals surface area contributed by atoms with E-state index in [1.54, 1.807) is 50.9 Å². The summed E-state index contributed by atoms with van der Waals surface area (Å²) in [5.41, 5.74) is 0.278. The molecule has 0 aliphatic carbocycles. The molecule has 0 saturated carbocycles. The molecule has 1 aromatic rings. The standard InChI is InChI=1S/C27H37N5O6/c1-19(33)30-12-6-13-31(16-15-30)26(36)21-10-11-24(34)32-14-5-8-22(32)27(37)29(2)17-18-38-23-9-4-3-7-20(23)25(35)28-21/h3-4,7,9,21-22H,5-6,8,10-18H2,1-2H3,(H,28,35)/t21-,22-/m0/s1. The number of ether oxygens (including phenoxy) is 1. The van der Waals surface area contributed by atoms with Crippen LogP contribution in [0, 0.1) is 0 Å². The van der Waals surface area contributed by atoms with E-state index in [0.717, 1.165) is 6.42 Å². The Morgan fingerprint density at radius 1 is 0.921 bits per heavy atom. The van der Waals surface area contributed by atoms with Gasteiger partial charge in [0.05, 0.1) is 12.1 Å². The Hall–Kier alpha value is -3.63. The van der Waals surface area contributed by atoms with E-state index in [0.29, 0.717) is 57.9 Å². The Balaban J connectivity index is 1.59. The molecular weight excluding hydrogens is 490 g/mol. The second kappa shape index (κ2) is 12.3. The number of rotatable bonds is 1. The fraction of sp³-hybridized carbons (Fsp3) is 0.593. The van der Waals surface area contributed by atoms with E-state index >= 15 is 0 Å². The van der Waals surface area contributed by atoms with Crippen LogP contribution in [0.2, 0.25) is 0 Å². The zero-order valence-electron chi connectivity index (χ0n) is 22.2.